The summed E-state index contributed by atoms with van der Waals surface area (Å²) in [4.78, 5) is 3.39. The molecule has 3 nitrogen and oxygen atoms in total. The fourth-order valence-electron chi connectivity index (χ4n) is 0.713. The van der Waals surface area contributed by atoms with Crippen molar-refractivity contribution in [3.63, 3.8) is 0 Å². The lowest BCUT2D eigenvalue weighted by atomic mass is 10.4. The van der Waals surface area contributed by atoms with Crippen molar-refractivity contribution in [2.75, 3.05) is 14.2 Å². The first-order valence-corrected chi connectivity index (χ1v) is 3.01. The lowest BCUT2D eigenvalue weighted by molar-refractivity contribution is 0.349. The highest BCUT2D eigenvalue weighted by molar-refractivity contribution is 5.36. The first kappa shape index (κ1) is 7.78. The molecule has 1 aromatic heterocycles. The predicted molar refractivity (Wildman–Crippen MR) is 37.3 cm³/mol. The van der Waals surface area contributed by atoms with Gasteiger partial charge in [0.25, 0.3) is 0 Å². The zero-order chi connectivity index (χ0) is 8.27. The first-order valence-electron chi connectivity index (χ1n) is 3.01. The third-order valence-corrected chi connectivity index (χ3v) is 1.24. The molecule has 0 aliphatic heterocycles. The van der Waals surface area contributed by atoms with Gasteiger partial charge >= 0.3 is 0 Å². The molecule has 0 aliphatic carbocycles. The Morgan fingerprint density at radius 3 is 2.45 bits per heavy atom. The first-order chi connectivity index (χ1) is 5.27. The number of methoxy groups -OCH3 is 2. The van der Waals surface area contributed by atoms with Crippen LogP contribution in [0.4, 0.5) is 4.39 Å². The van der Waals surface area contributed by atoms with Crippen molar-refractivity contribution in [3.05, 3.63) is 18.2 Å². The number of halogens is 1. The van der Waals surface area contributed by atoms with Gasteiger partial charge in [0.15, 0.2) is 11.5 Å². The van der Waals surface area contributed by atoms with Crippen molar-refractivity contribution in [1.82, 2.24) is 4.98 Å². The van der Waals surface area contributed by atoms with Crippen LogP contribution in [0.15, 0.2) is 12.3 Å². The lowest BCUT2D eigenvalue weighted by Gasteiger charge is -2.04. The molecule has 0 saturated carbocycles. The molecule has 4 heteroatoms. The third-order valence-electron chi connectivity index (χ3n) is 1.24. The van der Waals surface area contributed by atoms with Gasteiger partial charge in [-0.05, 0) is 0 Å². The minimum Gasteiger partial charge on any atom is -0.493 e. The number of hydrogen-bond donors (Lipinski definition) is 0. The Morgan fingerprint density at radius 1 is 1.27 bits per heavy atom. The smallest absolute Gasteiger partial charge is 0.216 e. The van der Waals surface area contributed by atoms with Crippen LogP contribution in [0.3, 0.4) is 0 Å². The van der Waals surface area contributed by atoms with E-state index in [1.165, 1.54) is 26.5 Å². The van der Waals surface area contributed by atoms with E-state index < -0.39 is 5.95 Å². The maximum absolute atomic E-state index is 12.4. The highest BCUT2D eigenvalue weighted by Crippen LogP contribution is 2.24. The van der Waals surface area contributed by atoms with Gasteiger partial charge < -0.3 is 9.47 Å². The van der Waals surface area contributed by atoms with Crippen molar-refractivity contribution in [3.8, 4) is 11.5 Å². The Kier molecular flexibility index (Phi) is 2.25. The second-order valence-corrected chi connectivity index (χ2v) is 1.86. The van der Waals surface area contributed by atoms with Gasteiger partial charge in [-0.1, -0.05) is 0 Å². The minimum absolute atomic E-state index is 0.347. The highest BCUT2D eigenvalue weighted by Gasteiger charge is 2.03. The van der Waals surface area contributed by atoms with Crippen LogP contribution in [-0.4, -0.2) is 19.2 Å². The van der Waals surface area contributed by atoms with Crippen LogP contribution in [0.5, 0.6) is 11.5 Å². The molecule has 1 aromatic rings. The van der Waals surface area contributed by atoms with Crippen LogP contribution < -0.4 is 9.47 Å². The number of nitrogens with zero attached hydrogens (tertiary/aromatic N) is 1. The zero-order valence-corrected chi connectivity index (χ0v) is 6.30. The van der Waals surface area contributed by atoms with E-state index in [1.54, 1.807) is 0 Å². The summed E-state index contributed by atoms with van der Waals surface area (Å²) in [5.74, 6) is 0.191. The summed E-state index contributed by atoms with van der Waals surface area (Å²) >= 11 is 0. The average Bonchev–Trinajstić information content (AvgIpc) is 2.04. The van der Waals surface area contributed by atoms with E-state index in [2.05, 4.69) is 4.98 Å². The molecular formula is C7H8FNO2. The fourth-order valence-corrected chi connectivity index (χ4v) is 0.713. The average molecular weight is 157 g/mol. The molecule has 0 amide bonds. The molecule has 11 heavy (non-hydrogen) atoms. The van der Waals surface area contributed by atoms with E-state index in [-0.39, 0.29) is 0 Å². The lowest BCUT2D eigenvalue weighted by Crippen LogP contribution is -1.92. The molecule has 0 spiro atoms. The van der Waals surface area contributed by atoms with Crippen LogP contribution >= 0.6 is 0 Å². The molecule has 0 saturated heterocycles. The van der Waals surface area contributed by atoms with Crippen LogP contribution in [-0.2, 0) is 0 Å². The number of ether oxygens (including phenoxy) is 2. The van der Waals surface area contributed by atoms with E-state index in [0.29, 0.717) is 11.5 Å². The largest absolute Gasteiger partial charge is 0.493 e. The number of pyridine rings is 1. The molecule has 1 heterocycles. The van der Waals surface area contributed by atoms with Gasteiger partial charge in [-0.25, -0.2) is 4.98 Å². The predicted octanol–water partition coefficient (Wildman–Crippen LogP) is 1.24. The normalized spacial score (nSPS) is 9.36. The van der Waals surface area contributed by atoms with E-state index >= 15 is 0 Å². The third kappa shape index (κ3) is 1.58. The number of rotatable bonds is 2. The van der Waals surface area contributed by atoms with Gasteiger partial charge in [0, 0.05) is 6.07 Å². The summed E-state index contributed by atoms with van der Waals surface area (Å²) in [6.45, 7) is 0. The Bertz CT molecular complexity index is 252. The van der Waals surface area contributed by atoms with E-state index in [0.717, 1.165) is 0 Å². The monoisotopic (exact) mass is 157 g/mol. The van der Waals surface area contributed by atoms with E-state index in [4.69, 9.17) is 9.47 Å². The summed E-state index contributed by atoms with van der Waals surface area (Å²) in [7, 11) is 2.91. The van der Waals surface area contributed by atoms with Crippen molar-refractivity contribution in [2.24, 2.45) is 0 Å². The Labute approximate surface area is 63.8 Å². The Balaban J connectivity index is 3.06. The van der Waals surface area contributed by atoms with Gasteiger partial charge in [-0.15, -0.1) is 0 Å². The fraction of sp³-hybridized carbons (Fsp3) is 0.286. The van der Waals surface area contributed by atoms with Gasteiger partial charge in [0.1, 0.15) is 0 Å². The molecule has 0 aromatic carbocycles. The van der Waals surface area contributed by atoms with Gasteiger partial charge in [-0.3, -0.25) is 0 Å². The molecule has 0 bridgehead atoms. The van der Waals surface area contributed by atoms with Crippen molar-refractivity contribution in [1.29, 1.82) is 0 Å². The van der Waals surface area contributed by atoms with E-state index in [1.807, 2.05) is 0 Å². The van der Waals surface area contributed by atoms with Crippen molar-refractivity contribution < 1.29 is 13.9 Å². The molecule has 60 valence electrons. The van der Waals surface area contributed by atoms with Crippen LogP contribution in [0.1, 0.15) is 0 Å². The molecule has 0 unspecified atom stereocenters. The topological polar surface area (TPSA) is 31.4 Å². The van der Waals surface area contributed by atoms with Crippen LogP contribution in [0, 0.1) is 5.95 Å². The Morgan fingerprint density at radius 2 is 1.91 bits per heavy atom. The SMILES string of the molecule is COc1cnc(F)cc1OC. The zero-order valence-electron chi connectivity index (χ0n) is 6.30. The van der Waals surface area contributed by atoms with Gasteiger partial charge in [-0.2, -0.15) is 4.39 Å². The summed E-state index contributed by atoms with van der Waals surface area (Å²) in [6, 6.07) is 1.17. The molecule has 1 rings (SSSR count). The summed E-state index contributed by atoms with van der Waals surface area (Å²) < 4.78 is 22.1. The molecule has 0 fully saturated rings. The van der Waals surface area contributed by atoms with Crippen molar-refractivity contribution >= 4 is 0 Å². The second kappa shape index (κ2) is 3.18. The molecule has 0 aliphatic rings. The second-order valence-electron chi connectivity index (χ2n) is 1.86. The highest BCUT2D eigenvalue weighted by atomic mass is 19.1. The number of aromatic nitrogens is 1. The maximum atomic E-state index is 12.4. The molecule has 0 N–H and O–H groups in total. The van der Waals surface area contributed by atoms with Crippen LogP contribution in [0.2, 0.25) is 0 Å². The summed E-state index contributed by atoms with van der Waals surface area (Å²) in [5.41, 5.74) is 0. The maximum Gasteiger partial charge on any atom is 0.216 e. The molecule has 0 radical (unpaired) electrons. The molecule has 0 atom stereocenters. The standard InChI is InChI=1S/C7H8FNO2/c1-10-5-3-7(8)9-4-6(5)11-2/h3-4H,1-2H3. The minimum atomic E-state index is -0.581. The summed E-state index contributed by atoms with van der Waals surface area (Å²) in [6.07, 6.45) is 1.27. The Hall–Kier alpha value is -1.32. The van der Waals surface area contributed by atoms with Gasteiger partial charge in [0.05, 0.1) is 20.4 Å². The van der Waals surface area contributed by atoms with Crippen molar-refractivity contribution in [2.45, 2.75) is 0 Å². The molecular weight excluding hydrogens is 149 g/mol. The quantitative estimate of drug-likeness (QED) is 0.605. The number of hydrogen-bond acceptors (Lipinski definition) is 3. The van der Waals surface area contributed by atoms with E-state index in [9.17, 15) is 4.39 Å². The summed E-state index contributed by atoms with van der Waals surface area (Å²) in [5, 5.41) is 0. The van der Waals surface area contributed by atoms with Gasteiger partial charge in [0.2, 0.25) is 5.95 Å². The van der Waals surface area contributed by atoms with Crippen LogP contribution in [0.25, 0.3) is 0 Å².